The Kier molecular flexibility index (Phi) is 5.23. The highest BCUT2D eigenvalue weighted by Gasteiger charge is 2.18. The average Bonchev–Trinajstić information content (AvgIpc) is 3.33. The Morgan fingerprint density at radius 3 is 2.55 bits per heavy atom. The number of nitrogens with zero attached hydrogens (tertiary/aromatic N) is 2. The molecule has 1 N–H and O–H groups in total. The van der Waals surface area contributed by atoms with E-state index in [9.17, 15) is 12.8 Å². The topological polar surface area (TPSA) is 94.3 Å². The number of ether oxygens (including phenoxy) is 1. The van der Waals surface area contributed by atoms with Crippen molar-refractivity contribution < 1.29 is 22.0 Å². The molecular weight excluding hydrogens is 445 g/mol. The van der Waals surface area contributed by atoms with Gasteiger partial charge in [0.1, 0.15) is 10.7 Å². The molecule has 5 rings (SSSR count). The second kappa shape index (κ2) is 8.36. The highest BCUT2D eigenvalue weighted by molar-refractivity contribution is 7.92. The first-order valence-electron chi connectivity index (χ1n) is 9.83. The van der Waals surface area contributed by atoms with Crippen molar-refractivity contribution in [2.45, 2.75) is 4.90 Å². The van der Waals surface area contributed by atoms with Gasteiger partial charge in [0, 0.05) is 29.3 Å². The average molecular weight is 461 g/mol. The van der Waals surface area contributed by atoms with Crippen molar-refractivity contribution in [2.75, 3.05) is 4.72 Å². The molecule has 0 bridgehead atoms. The van der Waals surface area contributed by atoms with Crippen LogP contribution in [0.4, 0.5) is 10.1 Å². The number of hydrogen-bond acceptors (Lipinski definition) is 6. The molecule has 2 aromatic carbocycles. The minimum absolute atomic E-state index is 0.147. The molecule has 0 aliphatic carbocycles. The summed E-state index contributed by atoms with van der Waals surface area (Å²) in [5.74, 6) is -0.332. The molecule has 0 saturated heterocycles. The molecule has 164 valence electrons. The van der Waals surface area contributed by atoms with E-state index in [1.54, 1.807) is 24.4 Å². The van der Waals surface area contributed by atoms with Gasteiger partial charge in [-0.15, -0.1) is 0 Å². The number of nitrogens with one attached hydrogen (secondary N) is 1. The maximum absolute atomic E-state index is 14.5. The molecule has 0 aliphatic heterocycles. The maximum Gasteiger partial charge on any atom is 0.291 e. The van der Waals surface area contributed by atoms with E-state index in [1.807, 2.05) is 30.3 Å². The summed E-state index contributed by atoms with van der Waals surface area (Å²) in [5.41, 5.74) is 2.00. The summed E-state index contributed by atoms with van der Waals surface area (Å²) in [7, 11) is -4.10. The second-order valence-corrected chi connectivity index (χ2v) is 8.77. The Morgan fingerprint density at radius 2 is 1.76 bits per heavy atom. The molecule has 0 atom stereocenters. The number of pyridine rings is 2. The molecule has 0 radical (unpaired) electrons. The first-order chi connectivity index (χ1) is 16.0. The Labute approximate surface area is 188 Å². The number of hydrogen-bond donors (Lipinski definition) is 1. The highest BCUT2D eigenvalue weighted by Crippen LogP contribution is 2.28. The summed E-state index contributed by atoms with van der Waals surface area (Å²) < 4.78 is 52.8. The van der Waals surface area contributed by atoms with Crippen LogP contribution >= 0.6 is 0 Å². The largest absolute Gasteiger partial charge is 0.434 e. The number of aromatic nitrogens is 2. The third-order valence-electron chi connectivity index (χ3n) is 4.85. The first kappa shape index (κ1) is 20.7. The fourth-order valence-electron chi connectivity index (χ4n) is 3.23. The van der Waals surface area contributed by atoms with E-state index >= 15 is 0 Å². The van der Waals surface area contributed by atoms with E-state index in [-0.39, 0.29) is 22.4 Å². The zero-order valence-electron chi connectivity index (χ0n) is 17.0. The zero-order chi connectivity index (χ0) is 22.8. The summed E-state index contributed by atoms with van der Waals surface area (Å²) in [6, 6.07) is 19.7. The minimum atomic E-state index is -4.10. The molecule has 0 aliphatic rings. The normalized spacial score (nSPS) is 11.4. The Morgan fingerprint density at radius 1 is 0.879 bits per heavy atom. The summed E-state index contributed by atoms with van der Waals surface area (Å²) in [6.45, 7) is 0. The van der Waals surface area contributed by atoms with E-state index in [0.29, 0.717) is 5.56 Å². The molecular formula is C24H16FN3O4S. The van der Waals surface area contributed by atoms with Crippen molar-refractivity contribution >= 4 is 26.6 Å². The van der Waals surface area contributed by atoms with Gasteiger partial charge in [-0.3, -0.25) is 9.71 Å². The lowest BCUT2D eigenvalue weighted by molar-refractivity contribution is 0.337. The number of anilines is 1. The summed E-state index contributed by atoms with van der Waals surface area (Å²) in [5, 5.41) is 0.921. The number of furan rings is 1. The van der Waals surface area contributed by atoms with E-state index < -0.39 is 15.8 Å². The molecule has 0 spiro atoms. The van der Waals surface area contributed by atoms with Crippen LogP contribution in [0.15, 0.2) is 101 Å². The van der Waals surface area contributed by atoms with Gasteiger partial charge in [0.05, 0.1) is 23.7 Å². The van der Waals surface area contributed by atoms with Crippen LogP contribution in [0, 0.1) is 5.82 Å². The van der Waals surface area contributed by atoms with Gasteiger partial charge >= 0.3 is 0 Å². The SMILES string of the molecule is O=S(=O)(Nc1cc(-c2cnc3ccccc3c2)ccc1F)c1ccc(Oc2ccco2)nc1. The third-order valence-corrected chi connectivity index (χ3v) is 6.20. The number of para-hydroxylation sites is 1. The number of rotatable bonds is 6. The van der Waals surface area contributed by atoms with Crippen LogP contribution < -0.4 is 9.46 Å². The fourth-order valence-corrected chi connectivity index (χ4v) is 4.23. The summed E-state index contributed by atoms with van der Waals surface area (Å²) in [6.07, 6.45) is 4.22. The number of benzene rings is 2. The van der Waals surface area contributed by atoms with E-state index in [2.05, 4.69) is 14.7 Å². The van der Waals surface area contributed by atoms with Gasteiger partial charge in [-0.1, -0.05) is 24.3 Å². The van der Waals surface area contributed by atoms with Crippen LogP contribution in [-0.2, 0) is 10.0 Å². The Bertz CT molecular complexity index is 1540. The van der Waals surface area contributed by atoms with Crippen LogP contribution in [0.2, 0.25) is 0 Å². The van der Waals surface area contributed by atoms with Crippen molar-refractivity contribution in [3.05, 3.63) is 97.3 Å². The monoisotopic (exact) mass is 461 g/mol. The molecule has 5 aromatic rings. The quantitative estimate of drug-likeness (QED) is 0.353. The van der Waals surface area contributed by atoms with Gasteiger partial charge in [0.15, 0.2) is 0 Å². The van der Waals surface area contributed by atoms with E-state index in [0.717, 1.165) is 22.7 Å². The van der Waals surface area contributed by atoms with Crippen molar-refractivity contribution in [1.82, 2.24) is 9.97 Å². The predicted octanol–water partition coefficient (Wildman–Crippen LogP) is 5.62. The number of sulfonamides is 1. The molecule has 33 heavy (non-hydrogen) atoms. The van der Waals surface area contributed by atoms with Crippen molar-refractivity contribution in [2.24, 2.45) is 0 Å². The third kappa shape index (κ3) is 4.39. The van der Waals surface area contributed by atoms with Crippen LogP contribution in [0.5, 0.6) is 11.8 Å². The molecule has 7 nitrogen and oxygen atoms in total. The standard InChI is InChI=1S/C24H16FN3O4S/c25-20-9-7-16(18-12-17-4-1-2-5-21(17)26-14-18)13-22(20)28-33(29,30)19-8-10-23(27-15-19)32-24-6-3-11-31-24/h1-15,28H. The maximum atomic E-state index is 14.5. The highest BCUT2D eigenvalue weighted by atomic mass is 32.2. The molecule has 0 amide bonds. The fraction of sp³-hybridized carbons (Fsp3) is 0. The first-order valence-corrected chi connectivity index (χ1v) is 11.3. The van der Waals surface area contributed by atoms with Gasteiger partial charge in [-0.25, -0.2) is 17.8 Å². The molecule has 9 heteroatoms. The van der Waals surface area contributed by atoms with Crippen LogP contribution in [0.1, 0.15) is 0 Å². The van der Waals surface area contributed by atoms with Crippen molar-refractivity contribution in [3.8, 4) is 23.0 Å². The lowest BCUT2D eigenvalue weighted by atomic mass is 10.0. The van der Waals surface area contributed by atoms with E-state index in [1.165, 1.54) is 30.5 Å². The van der Waals surface area contributed by atoms with Crippen molar-refractivity contribution in [1.29, 1.82) is 0 Å². The second-order valence-electron chi connectivity index (χ2n) is 7.08. The van der Waals surface area contributed by atoms with Gasteiger partial charge < -0.3 is 9.15 Å². The molecule has 0 saturated carbocycles. The molecule has 3 aromatic heterocycles. The van der Waals surface area contributed by atoms with E-state index in [4.69, 9.17) is 9.15 Å². The van der Waals surface area contributed by atoms with Gasteiger partial charge in [0.2, 0.25) is 5.88 Å². The zero-order valence-corrected chi connectivity index (χ0v) is 17.8. The molecule has 0 fully saturated rings. The van der Waals surface area contributed by atoms with Gasteiger partial charge in [-0.2, -0.15) is 0 Å². The number of fused-ring (bicyclic) bond motifs is 1. The Hall–Kier alpha value is -4.24. The summed E-state index contributed by atoms with van der Waals surface area (Å²) in [4.78, 5) is 8.24. The van der Waals surface area contributed by atoms with Crippen LogP contribution in [0.25, 0.3) is 22.0 Å². The van der Waals surface area contributed by atoms with Crippen LogP contribution in [-0.4, -0.2) is 18.4 Å². The lowest BCUT2D eigenvalue weighted by Crippen LogP contribution is -2.14. The van der Waals surface area contributed by atoms with Gasteiger partial charge in [0.25, 0.3) is 16.0 Å². The number of halogens is 1. The van der Waals surface area contributed by atoms with Crippen molar-refractivity contribution in [3.63, 3.8) is 0 Å². The van der Waals surface area contributed by atoms with Gasteiger partial charge in [-0.05, 0) is 42.0 Å². The lowest BCUT2D eigenvalue weighted by Gasteiger charge is -2.11. The Balaban J connectivity index is 1.40. The minimum Gasteiger partial charge on any atom is -0.434 e. The van der Waals surface area contributed by atoms with Crippen LogP contribution in [0.3, 0.4) is 0 Å². The molecule has 0 unspecified atom stereocenters. The summed E-state index contributed by atoms with van der Waals surface area (Å²) >= 11 is 0. The molecule has 3 heterocycles. The smallest absolute Gasteiger partial charge is 0.291 e. The predicted molar refractivity (Wildman–Crippen MR) is 121 cm³/mol.